The van der Waals surface area contributed by atoms with Crippen molar-refractivity contribution in [2.45, 2.75) is 33.1 Å². The quantitative estimate of drug-likeness (QED) is 0.662. The van der Waals surface area contributed by atoms with Crippen LogP contribution in [0.5, 0.6) is 0 Å². The average molecular weight is 394 g/mol. The minimum atomic E-state index is -0.331. The molecule has 0 N–H and O–H groups in total. The van der Waals surface area contributed by atoms with Crippen LogP contribution in [0.2, 0.25) is 0 Å². The zero-order valence-electron chi connectivity index (χ0n) is 16.6. The Kier molecular flexibility index (Phi) is 5.38. The predicted octanol–water partition coefficient (Wildman–Crippen LogP) is 3.52. The lowest BCUT2D eigenvalue weighted by Crippen LogP contribution is -2.30. The van der Waals surface area contributed by atoms with Gasteiger partial charge in [0.15, 0.2) is 0 Å². The molecule has 0 bridgehead atoms. The van der Waals surface area contributed by atoms with E-state index in [0.29, 0.717) is 24.6 Å². The van der Waals surface area contributed by atoms with Crippen LogP contribution in [0.3, 0.4) is 0 Å². The Balaban J connectivity index is 1.40. The van der Waals surface area contributed by atoms with E-state index in [1.54, 1.807) is 30.6 Å². The number of rotatable bonds is 5. The smallest absolute Gasteiger partial charge is 0.227 e. The van der Waals surface area contributed by atoms with Crippen LogP contribution in [0.1, 0.15) is 29.1 Å². The SMILES string of the molecule is Cc1noc(C)c1-c1cncc(C[C@H]2CCN(C(=O)Cc3ccccc3F)C2)n1. The van der Waals surface area contributed by atoms with Crippen molar-refractivity contribution in [3.8, 4) is 11.3 Å². The molecule has 4 rings (SSSR count). The Labute approximate surface area is 168 Å². The Morgan fingerprint density at radius 1 is 1.28 bits per heavy atom. The summed E-state index contributed by atoms with van der Waals surface area (Å²) >= 11 is 0. The average Bonchev–Trinajstić information content (AvgIpc) is 3.30. The highest BCUT2D eigenvalue weighted by Crippen LogP contribution is 2.26. The van der Waals surface area contributed by atoms with E-state index in [9.17, 15) is 9.18 Å². The Bertz CT molecular complexity index is 1010. The van der Waals surface area contributed by atoms with Crippen LogP contribution in [-0.4, -0.2) is 39.0 Å². The van der Waals surface area contributed by atoms with Crippen LogP contribution in [0.15, 0.2) is 41.2 Å². The first-order valence-corrected chi connectivity index (χ1v) is 9.76. The van der Waals surface area contributed by atoms with Crippen molar-refractivity contribution in [1.82, 2.24) is 20.0 Å². The standard InChI is InChI=1S/C22H23FN4O2/c1-14-22(15(2)29-26-14)20-12-24-11-18(25-20)9-16-7-8-27(13-16)21(28)10-17-5-3-4-6-19(17)23/h3-6,11-12,16H,7-10,13H2,1-2H3/t16-/m1/s1. The molecule has 0 unspecified atom stereocenters. The van der Waals surface area contributed by atoms with Crippen LogP contribution in [0.25, 0.3) is 11.3 Å². The molecule has 0 spiro atoms. The van der Waals surface area contributed by atoms with E-state index in [1.807, 2.05) is 18.7 Å². The lowest BCUT2D eigenvalue weighted by atomic mass is 10.0. The van der Waals surface area contributed by atoms with Crippen molar-refractivity contribution in [2.24, 2.45) is 5.92 Å². The van der Waals surface area contributed by atoms with Crippen LogP contribution < -0.4 is 0 Å². The maximum absolute atomic E-state index is 13.8. The summed E-state index contributed by atoms with van der Waals surface area (Å²) in [5.74, 6) is 0.671. The van der Waals surface area contributed by atoms with Crippen molar-refractivity contribution >= 4 is 5.91 Å². The normalized spacial score (nSPS) is 16.4. The minimum Gasteiger partial charge on any atom is -0.361 e. The zero-order valence-corrected chi connectivity index (χ0v) is 16.6. The molecule has 150 valence electrons. The third-order valence-electron chi connectivity index (χ3n) is 5.41. The minimum absolute atomic E-state index is 0.0341. The largest absolute Gasteiger partial charge is 0.361 e. The monoisotopic (exact) mass is 394 g/mol. The van der Waals surface area contributed by atoms with Gasteiger partial charge in [-0.25, -0.2) is 9.37 Å². The third kappa shape index (κ3) is 4.18. The fraction of sp³-hybridized carbons (Fsp3) is 0.364. The number of carbonyl (C=O) groups is 1. The number of hydrogen-bond donors (Lipinski definition) is 0. The number of carbonyl (C=O) groups excluding carboxylic acids is 1. The summed E-state index contributed by atoms with van der Waals surface area (Å²) in [4.78, 5) is 23.4. The molecule has 3 aromatic rings. The van der Waals surface area contributed by atoms with Gasteiger partial charge in [0, 0.05) is 19.3 Å². The van der Waals surface area contributed by atoms with E-state index in [1.165, 1.54) is 6.07 Å². The first-order valence-electron chi connectivity index (χ1n) is 9.76. The number of aromatic nitrogens is 3. The number of hydrogen-bond acceptors (Lipinski definition) is 5. The third-order valence-corrected chi connectivity index (χ3v) is 5.41. The number of benzene rings is 1. The molecular formula is C22H23FN4O2. The van der Waals surface area contributed by atoms with Gasteiger partial charge >= 0.3 is 0 Å². The summed E-state index contributed by atoms with van der Waals surface area (Å²) in [5.41, 5.74) is 3.76. The van der Waals surface area contributed by atoms with Gasteiger partial charge in [0.25, 0.3) is 0 Å². The van der Waals surface area contributed by atoms with Crippen molar-refractivity contribution in [3.05, 3.63) is 65.2 Å². The highest BCUT2D eigenvalue weighted by molar-refractivity contribution is 5.79. The van der Waals surface area contributed by atoms with Gasteiger partial charge in [-0.15, -0.1) is 0 Å². The molecule has 1 saturated heterocycles. The van der Waals surface area contributed by atoms with Crippen molar-refractivity contribution in [1.29, 1.82) is 0 Å². The molecule has 1 atom stereocenters. The number of likely N-dealkylation sites (tertiary alicyclic amines) is 1. The molecule has 0 radical (unpaired) electrons. The Morgan fingerprint density at radius 2 is 2.10 bits per heavy atom. The highest BCUT2D eigenvalue weighted by atomic mass is 19.1. The second-order valence-electron chi connectivity index (χ2n) is 7.56. The maximum atomic E-state index is 13.8. The Morgan fingerprint density at radius 3 is 2.86 bits per heavy atom. The highest BCUT2D eigenvalue weighted by Gasteiger charge is 2.27. The van der Waals surface area contributed by atoms with Crippen LogP contribution in [0.4, 0.5) is 4.39 Å². The summed E-state index contributed by atoms with van der Waals surface area (Å²) in [7, 11) is 0. The maximum Gasteiger partial charge on any atom is 0.227 e. The van der Waals surface area contributed by atoms with E-state index in [-0.39, 0.29) is 18.1 Å². The lowest BCUT2D eigenvalue weighted by Gasteiger charge is -2.17. The Hall–Kier alpha value is -3.09. The number of nitrogens with zero attached hydrogens (tertiary/aromatic N) is 4. The number of aryl methyl sites for hydroxylation is 2. The van der Waals surface area contributed by atoms with E-state index in [4.69, 9.17) is 9.51 Å². The van der Waals surface area contributed by atoms with E-state index >= 15 is 0 Å². The molecule has 1 aliphatic heterocycles. The molecule has 1 fully saturated rings. The first kappa shape index (κ1) is 19.2. The van der Waals surface area contributed by atoms with E-state index in [0.717, 1.165) is 41.2 Å². The molecular weight excluding hydrogens is 371 g/mol. The topological polar surface area (TPSA) is 72.1 Å². The van der Waals surface area contributed by atoms with Gasteiger partial charge in [0.2, 0.25) is 5.91 Å². The van der Waals surface area contributed by atoms with Crippen molar-refractivity contribution < 1.29 is 13.7 Å². The zero-order chi connectivity index (χ0) is 20.4. The van der Waals surface area contributed by atoms with Gasteiger partial charge in [-0.05, 0) is 44.2 Å². The molecule has 0 saturated carbocycles. The van der Waals surface area contributed by atoms with Gasteiger partial charge in [0.1, 0.15) is 11.6 Å². The molecule has 2 aromatic heterocycles. The second kappa shape index (κ2) is 8.11. The summed E-state index contributed by atoms with van der Waals surface area (Å²) in [6.45, 7) is 5.09. The first-order chi connectivity index (χ1) is 14.0. The van der Waals surface area contributed by atoms with Crippen LogP contribution in [-0.2, 0) is 17.6 Å². The number of amides is 1. The molecule has 29 heavy (non-hydrogen) atoms. The van der Waals surface area contributed by atoms with Gasteiger partial charge in [-0.1, -0.05) is 23.4 Å². The summed E-state index contributed by atoms with van der Waals surface area (Å²) in [5, 5.41) is 3.98. The molecule has 1 amide bonds. The van der Waals surface area contributed by atoms with Gasteiger partial charge in [-0.3, -0.25) is 9.78 Å². The van der Waals surface area contributed by atoms with Crippen molar-refractivity contribution in [3.63, 3.8) is 0 Å². The van der Waals surface area contributed by atoms with E-state index < -0.39 is 0 Å². The molecule has 1 aromatic carbocycles. The summed E-state index contributed by atoms with van der Waals surface area (Å²) < 4.78 is 19.0. The molecule has 3 heterocycles. The van der Waals surface area contributed by atoms with Gasteiger partial charge < -0.3 is 9.42 Å². The fourth-order valence-electron chi connectivity index (χ4n) is 3.91. The van der Waals surface area contributed by atoms with Gasteiger partial charge in [0.05, 0.1) is 35.3 Å². The van der Waals surface area contributed by atoms with Gasteiger partial charge in [-0.2, -0.15) is 0 Å². The fourth-order valence-corrected chi connectivity index (χ4v) is 3.91. The summed E-state index contributed by atoms with van der Waals surface area (Å²) in [6, 6.07) is 6.44. The molecule has 0 aliphatic carbocycles. The van der Waals surface area contributed by atoms with Crippen LogP contribution >= 0.6 is 0 Å². The predicted molar refractivity (Wildman–Crippen MR) is 105 cm³/mol. The lowest BCUT2D eigenvalue weighted by molar-refractivity contribution is -0.129. The summed E-state index contributed by atoms with van der Waals surface area (Å²) in [6.07, 6.45) is 5.23. The molecule has 6 nitrogen and oxygen atoms in total. The number of halogens is 1. The van der Waals surface area contributed by atoms with E-state index in [2.05, 4.69) is 10.1 Å². The molecule has 1 aliphatic rings. The molecule has 7 heteroatoms. The second-order valence-corrected chi connectivity index (χ2v) is 7.56. The van der Waals surface area contributed by atoms with Crippen molar-refractivity contribution in [2.75, 3.05) is 13.1 Å². The van der Waals surface area contributed by atoms with Crippen LogP contribution in [0, 0.1) is 25.6 Å².